The lowest BCUT2D eigenvalue weighted by atomic mass is 9.79. The molecule has 2 aromatic rings. The van der Waals surface area contributed by atoms with Crippen molar-refractivity contribution in [2.75, 3.05) is 23.7 Å². The van der Waals surface area contributed by atoms with Gasteiger partial charge in [0.15, 0.2) is 0 Å². The summed E-state index contributed by atoms with van der Waals surface area (Å²) in [6.07, 6.45) is 3.34. The number of allylic oxidation sites excluding steroid dienone is 1. The highest BCUT2D eigenvalue weighted by Crippen LogP contribution is 2.42. The van der Waals surface area contributed by atoms with Crippen LogP contribution in [0.25, 0.3) is 0 Å². The van der Waals surface area contributed by atoms with Crippen molar-refractivity contribution >= 4 is 34.8 Å². The van der Waals surface area contributed by atoms with E-state index in [0.29, 0.717) is 18.1 Å². The number of halogens is 1. The molecule has 6 heteroatoms. The summed E-state index contributed by atoms with van der Waals surface area (Å²) >= 11 is 6.41. The minimum absolute atomic E-state index is 0.00168. The van der Waals surface area contributed by atoms with Gasteiger partial charge in [-0.2, -0.15) is 0 Å². The minimum atomic E-state index is -0.540. The molecule has 5 nitrogen and oxygen atoms in total. The molecule has 2 aliphatic heterocycles. The summed E-state index contributed by atoms with van der Waals surface area (Å²) in [6, 6.07) is 11.8. The normalized spacial score (nSPS) is 18.7. The number of rotatable bonds is 4. The van der Waals surface area contributed by atoms with Gasteiger partial charge in [0.1, 0.15) is 0 Å². The third kappa shape index (κ3) is 3.18. The van der Waals surface area contributed by atoms with E-state index in [9.17, 15) is 9.59 Å². The maximum absolute atomic E-state index is 12.3. The predicted octanol–water partition coefficient (Wildman–Crippen LogP) is 4.60. The molecule has 0 atom stereocenters. The molecule has 0 aromatic heterocycles. The van der Waals surface area contributed by atoms with E-state index in [2.05, 4.69) is 16.7 Å². The molecular formula is C24H26ClN3O2. The van der Waals surface area contributed by atoms with Gasteiger partial charge in [-0.25, -0.2) is 0 Å². The van der Waals surface area contributed by atoms with Crippen LogP contribution in [-0.2, 0) is 20.5 Å². The van der Waals surface area contributed by atoms with Crippen LogP contribution < -0.4 is 10.6 Å². The zero-order valence-electron chi connectivity index (χ0n) is 17.7. The van der Waals surface area contributed by atoms with Gasteiger partial charge in [0.25, 0.3) is 0 Å². The van der Waals surface area contributed by atoms with E-state index >= 15 is 0 Å². The number of nitrogens with zero attached hydrogens (tertiary/aromatic N) is 1. The van der Waals surface area contributed by atoms with Crippen LogP contribution >= 0.6 is 11.6 Å². The summed E-state index contributed by atoms with van der Waals surface area (Å²) in [5.74, 6) is -0.000565. The summed E-state index contributed by atoms with van der Waals surface area (Å²) in [5, 5.41) is 7.33. The number of nitrogens with one attached hydrogen (secondary N) is 2. The molecule has 1 saturated heterocycles. The Bertz CT molecular complexity index is 1070. The predicted molar refractivity (Wildman–Crippen MR) is 121 cm³/mol. The number of likely N-dealkylation sites (tertiary alicyclic amines) is 1. The second kappa shape index (κ2) is 7.17. The van der Waals surface area contributed by atoms with Crippen molar-refractivity contribution < 1.29 is 9.59 Å². The van der Waals surface area contributed by atoms with Crippen LogP contribution in [0.4, 0.5) is 11.4 Å². The Morgan fingerprint density at radius 1 is 1.20 bits per heavy atom. The molecule has 1 fully saturated rings. The van der Waals surface area contributed by atoms with Crippen LogP contribution in [-0.4, -0.2) is 29.8 Å². The van der Waals surface area contributed by atoms with Gasteiger partial charge in [-0.05, 0) is 68.7 Å². The highest BCUT2D eigenvalue weighted by atomic mass is 35.5. The van der Waals surface area contributed by atoms with Crippen molar-refractivity contribution in [3.63, 3.8) is 0 Å². The second-order valence-electron chi connectivity index (χ2n) is 8.65. The molecule has 2 heterocycles. The number of hydrogen-bond acceptors (Lipinski definition) is 3. The van der Waals surface area contributed by atoms with E-state index in [-0.39, 0.29) is 11.8 Å². The molecule has 2 aliphatic rings. The fourth-order valence-corrected chi connectivity index (χ4v) is 4.57. The van der Waals surface area contributed by atoms with Gasteiger partial charge in [0, 0.05) is 16.4 Å². The topological polar surface area (TPSA) is 61.4 Å². The monoisotopic (exact) mass is 423 g/mol. The summed E-state index contributed by atoms with van der Waals surface area (Å²) in [7, 11) is 0. The SMILES string of the molecule is C/C=C/C(=O)N1CC(Nc2ccc3c(c2)NC(=O)C3(C)C)(c2cccc(Cl)c2C)C1. The first-order valence-corrected chi connectivity index (χ1v) is 10.5. The van der Waals surface area contributed by atoms with Crippen molar-refractivity contribution in [1.82, 2.24) is 4.90 Å². The molecule has 0 spiro atoms. The first-order chi connectivity index (χ1) is 14.2. The zero-order chi connectivity index (χ0) is 21.7. The van der Waals surface area contributed by atoms with E-state index in [1.54, 1.807) is 12.2 Å². The third-order valence-electron chi connectivity index (χ3n) is 6.22. The Hall–Kier alpha value is -2.79. The van der Waals surface area contributed by atoms with Crippen molar-refractivity contribution in [2.24, 2.45) is 0 Å². The van der Waals surface area contributed by atoms with Crippen molar-refractivity contribution in [1.29, 1.82) is 0 Å². The molecular weight excluding hydrogens is 398 g/mol. The van der Waals surface area contributed by atoms with Crippen LogP contribution in [0.15, 0.2) is 48.6 Å². The van der Waals surface area contributed by atoms with Gasteiger partial charge >= 0.3 is 0 Å². The van der Waals surface area contributed by atoms with E-state index in [0.717, 1.165) is 28.1 Å². The Morgan fingerprint density at radius 2 is 1.93 bits per heavy atom. The van der Waals surface area contributed by atoms with Crippen LogP contribution in [0.1, 0.15) is 37.5 Å². The Morgan fingerprint density at radius 3 is 2.63 bits per heavy atom. The average molecular weight is 424 g/mol. The number of carbonyl (C=O) groups is 2. The molecule has 0 aliphatic carbocycles. The lowest BCUT2D eigenvalue weighted by Gasteiger charge is -2.51. The average Bonchev–Trinajstić information content (AvgIpc) is 2.89. The number of amides is 2. The van der Waals surface area contributed by atoms with E-state index in [1.807, 2.05) is 62.9 Å². The summed E-state index contributed by atoms with van der Waals surface area (Å²) < 4.78 is 0. The van der Waals surface area contributed by atoms with Gasteiger partial charge in [-0.3, -0.25) is 9.59 Å². The highest BCUT2D eigenvalue weighted by Gasteiger charge is 2.47. The highest BCUT2D eigenvalue weighted by molar-refractivity contribution is 6.31. The van der Waals surface area contributed by atoms with Crippen molar-refractivity contribution in [3.05, 3.63) is 70.3 Å². The van der Waals surface area contributed by atoms with E-state index in [4.69, 9.17) is 11.6 Å². The molecule has 2 N–H and O–H groups in total. The minimum Gasteiger partial charge on any atom is -0.372 e. The van der Waals surface area contributed by atoms with Crippen molar-refractivity contribution in [2.45, 2.75) is 38.6 Å². The van der Waals surface area contributed by atoms with Crippen LogP contribution in [0.5, 0.6) is 0 Å². The van der Waals surface area contributed by atoms with Gasteiger partial charge in [-0.1, -0.05) is 35.9 Å². The number of carbonyl (C=O) groups excluding carboxylic acids is 2. The molecule has 4 rings (SSSR count). The summed E-state index contributed by atoms with van der Waals surface area (Å²) in [5.41, 5.74) is 3.80. The molecule has 0 saturated carbocycles. The molecule has 0 unspecified atom stereocenters. The first-order valence-electron chi connectivity index (χ1n) is 10.1. The fraction of sp³-hybridized carbons (Fsp3) is 0.333. The maximum Gasteiger partial charge on any atom is 0.246 e. The lowest BCUT2D eigenvalue weighted by Crippen LogP contribution is -2.65. The van der Waals surface area contributed by atoms with E-state index in [1.165, 1.54) is 0 Å². The van der Waals surface area contributed by atoms with Crippen LogP contribution in [0.2, 0.25) is 5.02 Å². The maximum atomic E-state index is 12.3. The van der Waals surface area contributed by atoms with Crippen LogP contribution in [0, 0.1) is 6.92 Å². The number of benzene rings is 2. The Labute approximate surface area is 182 Å². The Kier molecular flexibility index (Phi) is 4.89. The summed E-state index contributed by atoms with van der Waals surface area (Å²) in [6.45, 7) is 8.76. The second-order valence-corrected chi connectivity index (χ2v) is 9.06. The number of hydrogen-bond donors (Lipinski definition) is 2. The first kappa shape index (κ1) is 20.5. The zero-order valence-corrected chi connectivity index (χ0v) is 18.4. The van der Waals surface area contributed by atoms with Gasteiger partial charge < -0.3 is 15.5 Å². The van der Waals surface area contributed by atoms with Crippen LogP contribution in [0.3, 0.4) is 0 Å². The fourth-order valence-electron chi connectivity index (χ4n) is 4.40. The Balaban J connectivity index is 1.69. The number of fused-ring (bicyclic) bond motifs is 1. The molecule has 2 aromatic carbocycles. The molecule has 30 heavy (non-hydrogen) atoms. The van der Waals surface area contributed by atoms with Gasteiger partial charge in [-0.15, -0.1) is 0 Å². The molecule has 0 radical (unpaired) electrons. The van der Waals surface area contributed by atoms with E-state index < -0.39 is 11.0 Å². The number of anilines is 2. The lowest BCUT2D eigenvalue weighted by molar-refractivity contribution is -0.132. The summed E-state index contributed by atoms with van der Waals surface area (Å²) in [4.78, 5) is 26.5. The third-order valence-corrected chi connectivity index (χ3v) is 6.63. The quantitative estimate of drug-likeness (QED) is 0.706. The van der Waals surface area contributed by atoms with Crippen molar-refractivity contribution in [3.8, 4) is 0 Å². The molecule has 156 valence electrons. The van der Waals surface area contributed by atoms with Gasteiger partial charge in [0.2, 0.25) is 11.8 Å². The smallest absolute Gasteiger partial charge is 0.246 e. The largest absolute Gasteiger partial charge is 0.372 e. The standard InChI is InChI=1S/C24H26ClN3O2/c1-5-7-21(29)28-13-24(14-28,17-8-6-9-19(25)15(17)2)27-16-10-11-18-20(12-16)26-22(30)23(18,3)4/h5-12,27H,13-14H2,1-4H3,(H,26,30)/b7-5+. The molecule has 2 amide bonds. The van der Waals surface area contributed by atoms with Gasteiger partial charge in [0.05, 0.1) is 24.0 Å². The molecule has 0 bridgehead atoms.